The first kappa shape index (κ1) is 13.4. The Kier molecular flexibility index (Phi) is 4.27. The van der Waals surface area contributed by atoms with E-state index in [4.69, 9.17) is 4.74 Å². The fraction of sp³-hybridized carbons (Fsp3) is 0.500. The van der Waals surface area contributed by atoms with Gasteiger partial charge in [0, 0.05) is 17.6 Å². The molecule has 0 atom stereocenters. The van der Waals surface area contributed by atoms with Gasteiger partial charge in [-0.25, -0.2) is 0 Å². The van der Waals surface area contributed by atoms with E-state index >= 15 is 0 Å². The lowest BCUT2D eigenvalue weighted by atomic mass is 9.96. The monoisotopic (exact) mass is 311 g/mol. The van der Waals surface area contributed by atoms with Crippen LogP contribution in [-0.2, 0) is 9.53 Å². The maximum absolute atomic E-state index is 11.5. The molecule has 0 aliphatic carbocycles. The highest BCUT2D eigenvalue weighted by Crippen LogP contribution is 2.31. The Bertz CT molecular complexity index is 439. The van der Waals surface area contributed by atoms with Gasteiger partial charge in [0.25, 0.3) is 0 Å². The van der Waals surface area contributed by atoms with E-state index in [2.05, 4.69) is 46.0 Å². The average molecular weight is 312 g/mol. The third-order valence-corrected chi connectivity index (χ3v) is 4.14. The normalized spacial score (nSPS) is 16.7. The Morgan fingerprint density at radius 3 is 2.67 bits per heavy atom. The van der Waals surface area contributed by atoms with E-state index in [1.807, 2.05) is 0 Å². The van der Waals surface area contributed by atoms with Crippen LogP contribution in [-0.4, -0.2) is 26.2 Å². The number of esters is 1. The van der Waals surface area contributed by atoms with Gasteiger partial charge in [0.15, 0.2) is 0 Å². The van der Waals surface area contributed by atoms with Crippen LogP contribution in [0.3, 0.4) is 0 Å². The van der Waals surface area contributed by atoms with Crippen LogP contribution in [0.2, 0.25) is 0 Å². The van der Waals surface area contributed by atoms with Crippen molar-refractivity contribution >= 4 is 27.6 Å². The molecule has 0 unspecified atom stereocenters. The second-order valence-corrected chi connectivity index (χ2v) is 5.59. The van der Waals surface area contributed by atoms with Crippen LogP contribution in [0.5, 0.6) is 0 Å². The lowest BCUT2D eigenvalue weighted by molar-refractivity contribution is -0.146. The van der Waals surface area contributed by atoms with E-state index in [0.717, 1.165) is 30.4 Å². The molecule has 4 heteroatoms. The number of benzene rings is 1. The quantitative estimate of drug-likeness (QED) is 0.786. The Labute approximate surface area is 116 Å². The summed E-state index contributed by atoms with van der Waals surface area (Å²) in [6.45, 7) is 3.90. The van der Waals surface area contributed by atoms with Crippen molar-refractivity contribution in [3.05, 3.63) is 28.2 Å². The van der Waals surface area contributed by atoms with E-state index in [9.17, 15) is 4.79 Å². The average Bonchev–Trinajstić information content (AvgIpc) is 2.41. The minimum absolute atomic E-state index is 0.0647. The van der Waals surface area contributed by atoms with Gasteiger partial charge in [0.05, 0.1) is 18.7 Å². The SMILES string of the molecule is COC(=O)C1CCN(c2cc(C)ccc2Br)CC1. The van der Waals surface area contributed by atoms with Crippen LogP contribution < -0.4 is 4.90 Å². The van der Waals surface area contributed by atoms with Gasteiger partial charge < -0.3 is 9.64 Å². The van der Waals surface area contributed by atoms with Crippen LogP contribution in [0.1, 0.15) is 18.4 Å². The molecule has 1 aromatic rings. The van der Waals surface area contributed by atoms with Gasteiger partial charge in [-0.05, 0) is 53.4 Å². The lowest BCUT2D eigenvalue weighted by Gasteiger charge is -2.33. The maximum Gasteiger partial charge on any atom is 0.308 e. The molecule has 1 aromatic carbocycles. The van der Waals surface area contributed by atoms with Crippen molar-refractivity contribution in [1.82, 2.24) is 0 Å². The Hall–Kier alpha value is -1.03. The standard InChI is InChI=1S/C14H18BrNO2/c1-10-3-4-12(15)13(9-10)16-7-5-11(6-8-16)14(17)18-2/h3-4,9,11H,5-8H2,1-2H3. The van der Waals surface area contributed by atoms with E-state index in [-0.39, 0.29) is 11.9 Å². The topological polar surface area (TPSA) is 29.5 Å². The largest absolute Gasteiger partial charge is 0.469 e. The number of ether oxygens (including phenoxy) is 1. The number of piperidine rings is 1. The van der Waals surface area contributed by atoms with Crippen LogP contribution in [0, 0.1) is 12.8 Å². The van der Waals surface area contributed by atoms with Gasteiger partial charge in [-0.15, -0.1) is 0 Å². The second-order valence-electron chi connectivity index (χ2n) is 4.74. The molecule has 0 radical (unpaired) electrons. The molecule has 0 N–H and O–H groups in total. The molecule has 0 spiro atoms. The van der Waals surface area contributed by atoms with Crippen molar-refractivity contribution in [2.24, 2.45) is 5.92 Å². The van der Waals surface area contributed by atoms with Crippen molar-refractivity contribution in [2.45, 2.75) is 19.8 Å². The number of anilines is 1. The maximum atomic E-state index is 11.5. The molecule has 98 valence electrons. The summed E-state index contributed by atoms with van der Waals surface area (Å²) >= 11 is 3.59. The molecular weight excluding hydrogens is 294 g/mol. The summed E-state index contributed by atoms with van der Waals surface area (Å²) in [5, 5.41) is 0. The van der Waals surface area contributed by atoms with Gasteiger partial charge in [0.2, 0.25) is 0 Å². The zero-order valence-corrected chi connectivity index (χ0v) is 12.4. The van der Waals surface area contributed by atoms with Crippen molar-refractivity contribution in [3.8, 4) is 0 Å². The predicted molar refractivity (Wildman–Crippen MR) is 75.8 cm³/mol. The van der Waals surface area contributed by atoms with Crippen molar-refractivity contribution in [1.29, 1.82) is 0 Å². The highest BCUT2D eigenvalue weighted by Gasteiger charge is 2.26. The number of hydrogen-bond donors (Lipinski definition) is 0. The molecule has 2 rings (SSSR count). The van der Waals surface area contributed by atoms with Gasteiger partial charge in [-0.3, -0.25) is 4.79 Å². The fourth-order valence-electron chi connectivity index (χ4n) is 2.39. The summed E-state index contributed by atoms with van der Waals surface area (Å²) in [6, 6.07) is 6.36. The molecule has 18 heavy (non-hydrogen) atoms. The fourth-order valence-corrected chi connectivity index (χ4v) is 2.89. The van der Waals surface area contributed by atoms with Gasteiger partial charge in [0.1, 0.15) is 0 Å². The molecule has 1 aliphatic rings. The van der Waals surface area contributed by atoms with Crippen LogP contribution in [0.15, 0.2) is 22.7 Å². The summed E-state index contributed by atoms with van der Waals surface area (Å²) in [5.74, 6) is -0.00667. The first-order chi connectivity index (χ1) is 8.61. The van der Waals surface area contributed by atoms with Crippen LogP contribution in [0.4, 0.5) is 5.69 Å². The number of carbonyl (C=O) groups is 1. The molecule has 0 amide bonds. The number of methoxy groups -OCH3 is 1. The minimum atomic E-state index is -0.0713. The first-order valence-electron chi connectivity index (χ1n) is 6.20. The zero-order valence-electron chi connectivity index (χ0n) is 10.8. The smallest absolute Gasteiger partial charge is 0.308 e. The summed E-state index contributed by atoms with van der Waals surface area (Å²) in [5.41, 5.74) is 2.47. The molecule has 3 nitrogen and oxygen atoms in total. The highest BCUT2D eigenvalue weighted by atomic mass is 79.9. The number of aryl methyl sites for hydroxylation is 1. The number of nitrogens with zero attached hydrogens (tertiary/aromatic N) is 1. The zero-order chi connectivity index (χ0) is 13.1. The molecule has 1 heterocycles. The van der Waals surface area contributed by atoms with Crippen LogP contribution in [0.25, 0.3) is 0 Å². The molecule has 1 fully saturated rings. The number of rotatable bonds is 2. The van der Waals surface area contributed by atoms with E-state index in [0.29, 0.717) is 0 Å². The van der Waals surface area contributed by atoms with E-state index in [1.165, 1.54) is 18.4 Å². The van der Waals surface area contributed by atoms with Crippen molar-refractivity contribution in [3.63, 3.8) is 0 Å². The summed E-state index contributed by atoms with van der Waals surface area (Å²) in [4.78, 5) is 13.8. The Morgan fingerprint density at radius 1 is 1.39 bits per heavy atom. The molecule has 0 bridgehead atoms. The molecule has 0 aromatic heterocycles. The van der Waals surface area contributed by atoms with Crippen LogP contribution >= 0.6 is 15.9 Å². The van der Waals surface area contributed by atoms with Crippen molar-refractivity contribution in [2.75, 3.05) is 25.1 Å². The van der Waals surface area contributed by atoms with E-state index in [1.54, 1.807) is 0 Å². The summed E-state index contributed by atoms with van der Waals surface area (Å²) in [6.07, 6.45) is 1.74. The third-order valence-electron chi connectivity index (χ3n) is 3.47. The molecule has 1 saturated heterocycles. The second kappa shape index (κ2) is 5.74. The minimum Gasteiger partial charge on any atom is -0.469 e. The summed E-state index contributed by atoms with van der Waals surface area (Å²) in [7, 11) is 1.46. The molecule has 1 aliphatic heterocycles. The Balaban J connectivity index is 2.05. The van der Waals surface area contributed by atoms with Gasteiger partial charge in [-0.1, -0.05) is 6.07 Å². The predicted octanol–water partition coefficient (Wildman–Crippen LogP) is 3.15. The number of carbonyl (C=O) groups excluding carboxylic acids is 1. The van der Waals surface area contributed by atoms with Gasteiger partial charge >= 0.3 is 5.97 Å². The lowest BCUT2D eigenvalue weighted by Crippen LogP contribution is -2.36. The first-order valence-corrected chi connectivity index (χ1v) is 7.00. The highest BCUT2D eigenvalue weighted by molar-refractivity contribution is 9.10. The third kappa shape index (κ3) is 2.86. The number of hydrogen-bond acceptors (Lipinski definition) is 3. The molecular formula is C14H18BrNO2. The van der Waals surface area contributed by atoms with E-state index < -0.39 is 0 Å². The molecule has 0 saturated carbocycles. The summed E-state index contributed by atoms with van der Waals surface area (Å²) < 4.78 is 5.92. The number of halogens is 1. The van der Waals surface area contributed by atoms with Crippen molar-refractivity contribution < 1.29 is 9.53 Å². The van der Waals surface area contributed by atoms with Gasteiger partial charge in [-0.2, -0.15) is 0 Å². The Morgan fingerprint density at radius 2 is 2.06 bits per heavy atom.